The summed E-state index contributed by atoms with van der Waals surface area (Å²) < 4.78 is 0. The van der Waals surface area contributed by atoms with Gasteiger partial charge in [0.25, 0.3) is 0 Å². The van der Waals surface area contributed by atoms with Crippen LogP contribution in [0.2, 0.25) is 0 Å². The van der Waals surface area contributed by atoms with Gasteiger partial charge in [-0.2, -0.15) is 11.8 Å². The summed E-state index contributed by atoms with van der Waals surface area (Å²) in [4.78, 5) is 22.0. The Bertz CT molecular complexity index is 260. The van der Waals surface area contributed by atoms with Crippen molar-refractivity contribution in [3.8, 4) is 0 Å². The Morgan fingerprint density at radius 1 is 1.73 bits per heavy atom. The van der Waals surface area contributed by atoms with Crippen LogP contribution < -0.4 is 11.1 Å². The zero-order chi connectivity index (χ0) is 11.4. The van der Waals surface area contributed by atoms with Gasteiger partial charge in [-0.3, -0.25) is 9.59 Å². The molecule has 0 bridgehead atoms. The van der Waals surface area contributed by atoms with Crippen LogP contribution in [0.15, 0.2) is 0 Å². The number of thioether (sulfide) groups is 1. The van der Waals surface area contributed by atoms with Crippen molar-refractivity contribution >= 4 is 23.6 Å². The van der Waals surface area contributed by atoms with Gasteiger partial charge in [-0.1, -0.05) is 0 Å². The van der Waals surface area contributed by atoms with Crippen molar-refractivity contribution in [3.05, 3.63) is 0 Å². The summed E-state index contributed by atoms with van der Waals surface area (Å²) in [7, 11) is 0. The highest BCUT2D eigenvalue weighted by molar-refractivity contribution is 8.00. The number of amides is 1. The molecule has 1 fully saturated rings. The Balaban J connectivity index is 2.58. The summed E-state index contributed by atoms with van der Waals surface area (Å²) in [5.74, 6) is -0.289. The van der Waals surface area contributed by atoms with Crippen molar-refractivity contribution in [2.24, 2.45) is 5.73 Å². The number of nitrogens with two attached hydrogens (primary N) is 1. The predicted molar refractivity (Wildman–Crippen MR) is 58.7 cm³/mol. The lowest BCUT2D eigenvalue weighted by molar-refractivity contribution is -0.137. The molecule has 86 valence electrons. The molecule has 3 unspecified atom stereocenters. The Labute approximate surface area is 92.8 Å². The molecule has 1 rings (SSSR count). The van der Waals surface area contributed by atoms with Crippen molar-refractivity contribution in [3.63, 3.8) is 0 Å². The second-order valence-electron chi connectivity index (χ2n) is 3.81. The number of hydrogen-bond acceptors (Lipinski definition) is 4. The van der Waals surface area contributed by atoms with Gasteiger partial charge in [0.05, 0.1) is 12.5 Å². The van der Waals surface area contributed by atoms with Crippen molar-refractivity contribution in [1.82, 2.24) is 5.32 Å². The molecule has 1 amide bonds. The lowest BCUT2D eigenvalue weighted by Crippen LogP contribution is -2.48. The topological polar surface area (TPSA) is 92.4 Å². The molecule has 0 aromatic carbocycles. The molecule has 4 N–H and O–H groups in total. The third-order valence-electron chi connectivity index (χ3n) is 2.23. The molecular weight excluding hydrogens is 216 g/mol. The third kappa shape index (κ3) is 4.09. The largest absolute Gasteiger partial charge is 0.481 e. The molecule has 1 aliphatic heterocycles. The van der Waals surface area contributed by atoms with Crippen molar-refractivity contribution in [2.45, 2.75) is 37.1 Å². The number of nitrogens with one attached hydrogen (secondary N) is 1. The number of carbonyl (C=O) groups is 2. The van der Waals surface area contributed by atoms with Crippen LogP contribution >= 0.6 is 11.8 Å². The molecule has 0 aliphatic carbocycles. The molecule has 6 heteroatoms. The molecule has 15 heavy (non-hydrogen) atoms. The van der Waals surface area contributed by atoms with Crippen LogP contribution in [0.3, 0.4) is 0 Å². The van der Waals surface area contributed by atoms with Gasteiger partial charge in [-0.05, 0) is 13.3 Å². The average molecular weight is 232 g/mol. The van der Waals surface area contributed by atoms with Crippen LogP contribution in [0.1, 0.15) is 19.8 Å². The molecule has 3 atom stereocenters. The van der Waals surface area contributed by atoms with Gasteiger partial charge in [0.1, 0.15) is 0 Å². The average Bonchev–Trinajstić information content (AvgIpc) is 2.11. The zero-order valence-corrected chi connectivity index (χ0v) is 9.42. The molecule has 0 spiro atoms. The van der Waals surface area contributed by atoms with E-state index in [-0.39, 0.29) is 23.6 Å². The van der Waals surface area contributed by atoms with Gasteiger partial charge in [-0.15, -0.1) is 0 Å². The second-order valence-corrected chi connectivity index (χ2v) is 5.14. The number of aliphatic carboxylic acids is 1. The lowest BCUT2D eigenvalue weighted by atomic mass is 10.1. The summed E-state index contributed by atoms with van der Waals surface area (Å²) in [5.41, 5.74) is 5.66. The standard InChI is InChI=1S/C9H16N2O3S/c1-5-4-15-6(3-8(12)13)2-7(10)9(14)11-5/h5-7H,2-4,10H2,1H3,(H,11,14)(H,12,13). The van der Waals surface area contributed by atoms with E-state index in [9.17, 15) is 9.59 Å². The summed E-state index contributed by atoms with van der Waals surface area (Å²) in [6, 6.07) is -0.547. The first-order valence-corrected chi connectivity index (χ1v) is 5.93. The number of carboxylic acids is 1. The highest BCUT2D eigenvalue weighted by Crippen LogP contribution is 2.22. The van der Waals surface area contributed by atoms with Gasteiger partial charge in [0.15, 0.2) is 0 Å². The Hall–Kier alpha value is -0.750. The fourth-order valence-electron chi connectivity index (χ4n) is 1.47. The molecule has 0 radical (unpaired) electrons. The third-order valence-corrected chi connectivity index (χ3v) is 3.75. The van der Waals surface area contributed by atoms with E-state index in [1.807, 2.05) is 6.92 Å². The quantitative estimate of drug-likeness (QED) is 0.613. The molecular formula is C9H16N2O3S. The first kappa shape index (κ1) is 12.3. The maximum atomic E-state index is 11.4. The van der Waals surface area contributed by atoms with E-state index >= 15 is 0 Å². The fraction of sp³-hybridized carbons (Fsp3) is 0.778. The van der Waals surface area contributed by atoms with Crippen LogP contribution in [0, 0.1) is 0 Å². The van der Waals surface area contributed by atoms with Gasteiger partial charge >= 0.3 is 5.97 Å². The lowest BCUT2D eigenvalue weighted by Gasteiger charge is -2.25. The maximum absolute atomic E-state index is 11.4. The Morgan fingerprint density at radius 3 is 3.00 bits per heavy atom. The summed E-state index contributed by atoms with van der Waals surface area (Å²) in [5, 5.41) is 11.4. The van der Waals surface area contributed by atoms with Gasteiger partial charge in [0, 0.05) is 17.0 Å². The first-order chi connectivity index (χ1) is 6.99. The number of carbonyl (C=O) groups excluding carboxylic acids is 1. The normalized spacial score (nSPS) is 32.7. The molecule has 0 aromatic heterocycles. The van der Waals surface area contributed by atoms with E-state index in [0.717, 1.165) is 5.75 Å². The smallest absolute Gasteiger partial charge is 0.304 e. The van der Waals surface area contributed by atoms with E-state index in [1.165, 1.54) is 0 Å². The number of hydrogen-bond donors (Lipinski definition) is 3. The van der Waals surface area contributed by atoms with Crippen LogP contribution in [0.5, 0.6) is 0 Å². The second kappa shape index (κ2) is 5.37. The highest BCUT2D eigenvalue weighted by Gasteiger charge is 2.26. The van der Waals surface area contributed by atoms with E-state index < -0.39 is 12.0 Å². The van der Waals surface area contributed by atoms with Gasteiger partial charge < -0.3 is 16.2 Å². The van der Waals surface area contributed by atoms with Gasteiger partial charge in [-0.25, -0.2) is 0 Å². The molecule has 1 heterocycles. The number of rotatable bonds is 2. The van der Waals surface area contributed by atoms with Crippen LogP contribution in [-0.2, 0) is 9.59 Å². The van der Waals surface area contributed by atoms with Crippen LogP contribution in [-0.4, -0.2) is 40.1 Å². The number of carboxylic acid groups (broad SMARTS) is 1. The molecule has 5 nitrogen and oxygen atoms in total. The Kier molecular flexibility index (Phi) is 4.41. The van der Waals surface area contributed by atoms with E-state index in [2.05, 4.69) is 5.32 Å². The minimum Gasteiger partial charge on any atom is -0.481 e. The summed E-state index contributed by atoms with van der Waals surface area (Å²) in [6.07, 6.45) is 0.494. The SMILES string of the molecule is CC1CSC(CC(=O)O)CC(N)C(=O)N1. The minimum atomic E-state index is -0.840. The van der Waals surface area contributed by atoms with Gasteiger partial charge in [0.2, 0.25) is 5.91 Å². The minimum absolute atomic E-state index is 0.0464. The predicted octanol–water partition coefficient (Wildman–Crippen LogP) is -0.201. The first-order valence-electron chi connectivity index (χ1n) is 4.88. The maximum Gasteiger partial charge on any atom is 0.304 e. The summed E-state index contributed by atoms with van der Waals surface area (Å²) >= 11 is 1.56. The fourth-order valence-corrected chi connectivity index (χ4v) is 2.72. The van der Waals surface area contributed by atoms with Crippen molar-refractivity contribution in [1.29, 1.82) is 0 Å². The summed E-state index contributed by atoms with van der Waals surface area (Å²) in [6.45, 7) is 1.89. The van der Waals surface area contributed by atoms with E-state index in [0.29, 0.717) is 6.42 Å². The Morgan fingerprint density at radius 2 is 2.40 bits per heavy atom. The highest BCUT2D eigenvalue weighted by atomic mass is 32.2. The molecule has 1 aliphatic rings. The molecule has 1 saturated heterocycles. The van der Waals surface area contributed by atoms with E-state index in [4.69, 9.17) is 10.8 Å². The van der Waals surface area contributed by atoms with Crippen molar-refractivity contribution in [2.75, 3.05) is 5.75 Å². The molecule has 0 aromatic rings. The molecule has 0 saturated carbocycles. The zero-order valence-electron chi connectivity index (χ0n) is 8.60. The monoisotopic (exact) mass is 232 g/mol. The van der Waals surface area contributed by atoms with Crippen molar-refractivity contribution < 1.29 is 14.7 Å². The van der Waals surface area contributed by atoms with Crippen LogP contribution in [0.4, 0.5) is 0 Å². The van der Waals surface area contributed by atoms with Crippen LogP contribution in [0.25, 0.3) is 0 Å². The van der Waals surface area contributed by atoms with E-state index in [1.54, 1.807) is 11.8 Å².